The maximum Gasteiger partial charge on any atom is 0.228 e. The first-order valence-electron chi connectivity index (χ1n) is 4.12. The van der Waals surface area contributed by atoms with E-state index in [1.165, 1.54) is 0 Å². The van der Waals surface area contributed by atoms with Crippen LogP contribution in [0.1, 0.15) is 6.92 Å². The first-order chi connectivity index (χ1) is 6.24. The minimum atomic E-state index is -0.287. The van der Waals surface area contributed by atoms with Gasteiger partial charge in [0, 0.05) is 0 Å². The Bertz CT molecular complexity index is 216. The average molecular weight is 184 g/mol. The maximum atomic E-state index is 11.2. The van der Waals surface area contributed by atoms with Gasteiger partial charge < -0.3 is 14.8 Å². The lowest BCUT2D eigenvalue weighted by molar-refractivity contribution is -0.192. The normalized spacial score (nSPS) is 27.7. The monoisotopic (exact) mass is 184 g/mol. The summed E-state index contributed by atoms with van der Waals surface area (Å²) in [6, 6.07) is 1.83. The second kappa shape index (κ2) is 4.80. The predicted molar refractivity (Wildman–Crippen MR) is 43.5 cm³/mol. The molecule has 0 bridgehead atoms. The van der Waals surface area contributed by atoms with Crippen LogP contribution in [0.4, 0.5) is 0 Å². The molecule has 1 amide bonds. The summed E-state index contributed by atoms with van der Waals surface area (Å²) in [6.07, 6.45) is -0.236. The van der Waals surface area contributed by atoms with Gasteiger partial charge in [0.05, 0.1) is 25.2 Å². The van der Waals surface area contributed by atoms with E-state index in [-0.39, 0.29) is 24.7 Å². The zero-order valence-corrected chi connectivity index (χ0v) is 7.45. The number of hydrogen-bond donors (Lipinski definition) is 1. The van der Waals surface area contributed by atoms with Crippen molar-refractivity contribution < 1.29 is 14.3 Å². The van der Waals surface area contributed by atoms with E-state index < -0.39 is 0 Å². The van der Waals surface area contributed by atoms with Crippen LogP contribution < -0.4 is 5.32 Å². The lowest BCUT2D eigenvalue weighted by atomic mass is 10.1. The second-order valence-corrected chi connectivity index (χ2v) is 2.81. The van der Waals surface area contributed by atoms with Gasteiger partial charge in [-0.2, -0.15) is 5.26 Å². The van der Waals surface area contributed by atoms with Gasteiger partial charge in [-0.25, -0.2) is 0 Å². The third kappa shape index (κ3) is 3.01. The maximum absolute atomic E-state index is 11.2. The van der Waals surface area contributed by atoms with Crippen LogP contribution in [0.25, 0.3) is 0 Å². The largest absolute Gasteiger partial charge is 0.352 e. The number of ether oxygens (including phenoxy) is 2. The lowest BCUT2D eigenvalue weighted by Crippen LogP contribution is -2.41. The van der Waals surface area contributed by atoms with Crippen LogP contribution in [-0.2, 0) is 14.3 Å². The molecule has 0 aromatic carbocycles. The fraction of sp³-hybridized carbons (Fsp3) is 0.750. The Kier molecular flexibility index (Phi) is 3.68. The van der Waals surface area contributed by atoms with Crippen molar-refractivity contribution in [3.63, 3.8) is 0 Å². The molecule has 0 aromatic heterocycles. The van der Waals surface area contributed by atoms with E-state index in [1.807, 2.05) is 6.07 Å². The van der Waals surface area contributed by atoms with Crippen molar-refractivity contribution in [2.45, 2.75) is 13.2 Å². The van der Waals surface area contributed by atoms with Crippen LogP contribution in [0.2, 0.25) is 0 Å². The molecule has 0 saturated carbocycles. The summed E-state index contributed by atoms with van der Waals surface area (Å²) in [7, 11) is 0. The third-order valence-electron chi connectivity index (χ3n) is 1.78. The first-order valence-corrected chi connectivity index (χ1v) is 4.12. The Hall–Kier alpha value is -1.12. The Balaban J connectivity index is 2.28. The Morgan fingerprint density at radius 2 is 2.23 bits per heavy atom. The lowest BCUT2D eigenvalue weighted by Gasteiger charge is -2.25. The van der Waals surface area contributed by atoms with Crippen LogP contribution in [-0.4, -0.2) is 32.0 Å². The van der Waals surface area contributed by atoms with Gasteiger partial charge in [0.2, 0.25) is 5.91 Å². The molecule has 1 heterocycles. The first kappa shape index (κ1) is 9.96. The van der Waals surface area contributed by atoms with E-state index in [2.05, 4.69) is 5.32 Å². The minimum Gasteiger partial charge on any atom is -0.352 e. The van der Waals surface area contributed by atoms with Gasteiger partial charge in [-0.3, -0.25) is 4.79 Å². The Labute approximate surface area is 76.6 Å². The molecule has 72 valence electrons. The van der Waals surface area contributed by atoms with E-state index >= 15 is 0 Å². The van der Waals surface area contributed by atoms with Crippen LogP contribution in [0.15, 0.2) is 0 Å². The molecule has 1 aliphatic heterocycles. The molecule has 13 heavy (non-hydrogen) atoms. The number of carbonyl (C=O) groups excluding carboxylic acids is 1. The van der Waals surface area contributed by atoms with Crippen molar-refractivity contribution in [1.29, 1.82) is 5.26 Å². The summed E-state index contributed by atoms with van der Waals surface area (Å²) < 4.78 is 10.3. The van der Waals surface area contributed by atoms with Crippen LogP contribution in [0.5, 0.6) is 0 Å². The zero-order chi connectivity index (χ0) is 9.68. The van der Waals surface area contributed by atoms with Gasteiger partial charge in [0.15, 0.2) is 6.29 Å². The standard InChI is InChI=1S/C8H12N2O3/c1-6-12-4-7(5-13-6)8(11)10-3-2-9/h6-7H,3-5H2,1H3,(H,10,11). The van der Waals surface area contributed by atoms with Crippen LogP contribution in [0.3, 0.4) is 0 Å². The topological polar surface area (TPSA) is 71.3 Å². The highest BCUT2D eigenvalue weighted by molar-refractivity contribution is 5.79. The number of amides is 1. The SMILES string of the molecule is CC1OCC(C(=O)NCC#N)CO1. The molecule has 1 aliphatic rings. The highest BCUT2D eigenvalue weighted by Crippen LogP contribution is 2.10. The van der Waals surface area contributed by atoms with Gasteiger partial charge in [0.1, 0.15) is 6.54 Å². The molecular weight excluding hydrogens is 172 g/mol. The highest BCUT2D eigenvalue weighted by atomic mass is 16.7. The molecule has 0 aromatic rings. The minimum absolute atomic E-state index is 0.0326. The number of nitriles is 1. The summed E-state index contributed by atoms with van der Waals surface area (Å²) in [5.74, 6) is -0.474. The fourth-order valence-electron chi connectivity index (χ4n) is 1.02. The molecule has 0 atom stereocenters. The smallest absolute Gasteiger partial charge is 0.228 e. The molecule has 5 heteroatoms. The number of nitrogens with one attached hydrogen (secondary N) is 1. The number of carbonyl (C=O) groups is 1. The van der Waals surface area contributed by atoms with Gasteiger partial charge >= 0.3 is 0 Å². The molecule has 1 N–H and O–H groups in total. The summed E-state index contributed by atoms with van der Waals surface area (Å²) in [5, 5.41) is 10.7. The number of rotatable bonds is 2. The molecule has 5 nitrogen and oxygen atoms in total. The van der Waals surface area contributed by atoms with Crippen molar-refractivity contribution in [1.82, 2.24) is 5.32 Å². The molecule has 0 radical (unpaired) electrons. The second-order valence-electron chi connectivity index (χ2n) is 2.81. The molecule has 1 fully saturated rings. The molecule has 0 aliphatic carbocycles. The van der Waals surface area contributed by atoms with Crippen molar-refractivity contribution in [3.8, 4) is 6.07 Å². The summed E-state index contributed by atoms with van der Waals surface area (Å²) in [6.45, 7) is 2.53. The molecule has 0 unspecified atom stereocenters. The average Bonchev–Trinajstić information content (AvgIpc) is 2.15. The summed E-state index contributed by atoms with van der Waals surface area (Å²) in [5.41, 5.74) is 0. The fourth-order valence-corrected chi connectivity index (χ4v) is 1.02. The van der Waals surface area contributed by atoms with E-state index in [0.717, 1.165) is 0 Å². The van der Waals surface area contributed by atoms with Crippen molar-refractivity contribution in [3.05, 3.63) is 0 Å². The van der Waals surface area contributed by atoms with Gasteiger partial charge in [0.25, 0.3) is 0 Å². The number of nitrogens with zero attached hydrogens (tertiary/aromatic N) is 1. The van der Waals surface area contributed by atoms with E-state index in [0.29, 0.717) is 13.2 Å². The molecule has 1 saturated heterocycles. The van der Waals surface area contributed by atoms with Crippen molar-refractivity contribution in [2.24, 2.45) is 5.92 Å². The Morgan fingerprint density at radius 3 is 2.77 bits per heavy atom. The molecule has 1 rings (SSSR count). The zero-order valence-electron chi connectivity index (χ0n) is 7.45. The highest BCUT2D eigenvalue weighted by Gasteiger charge is 2.24. The van der Waals surface area contributed by atoms with Crippen LogP contribution in [0, 0.1) is 17.2 Å². The summed E-state index contributed by atoms with van der Waals surface area (Å²) in [4.78, 5) is 11.2. The van der Waals surface area contributed by atoms with Gasteiger partial charge in [-0.1, -0.05) is 0 Å². The predicted octanol–water partition coefficient (Wildman–Crippen LogP) is -0.365. The van der Waals surface area contributed by atoms with Gasteiger partial charge in [-0.05, 0) is 6.92 Å². The number of hydrogen-bond acceptors (Lipinski definition) is 4. The van der Waals surface area contributed by atoms with E-state index in [4.69, 9.17) is 14.7 Å². The molecule has 0 spiro atoms. The van der Waals surface area contributed by atoms with Crippen LogP contribution >= 0.6 is 0 Å². The summed E-state index contributed by atoms with van der Waals surface area (Å²) >= 11 is 0. The third-order valence-corrected chi connectivity index (χ3v) is 1.78. The molecular formula is C8H12N2O3. The quantitative estimate of drug-likeness (QED) is 0.594. The van der Waals surface area contributed by atoms with E-state index in [1.54, 1.807) is 6.92 Å². The van der Waals surface area contributed by atoms with E-state index in [9.17, 15) is 4.79 Å². The van der Waals surface area contributed by atoms with Crippen molar-refractivity contribution in [2.75, 3.05) is 19.8 Å². The Morgan fingerprint density at radius 1 is 1.62 bits per heavy atom. The van der Waals surface area contributed by atoms with Crippen molar-refractivity contribution >= 4 is 5.91 Å². The van der Waals surface area contributed by atoms with Gasteiger partial charge in [-0.15, -0.1) is 0 Å².